The Hall–Kier alpha value is -4.69. The number of hydrazine groups is 1. The van der Waals surface area contributed by atoms with Crippen LogP contribution < -0.4 is 33.2 Å². The molecule has 1 amide bonds. The Kier molecular flexibility index (Phi) is 10.6. The van der Waals surface area contributed by atoms with Crippen molar-refractivity contribution in [2.75, 3.05) is 5.01 Å². The number of anilines is 1. The molecule has 2 bridgehead atoms. The third-order valence-electron chi connectivity index (χ3n) is 7.24. The maximum absolute atomic E-state index is 13.6. The number of nitrogens with one attached hydrogen (secondary N) is 1. The molecule has 2 aromatic carbocycles. The number of allylic oxidation sites excluding steroid dienone is 2. The minimum atomic E-state index is -3.08. The van der Waals surface area contributed by atoms with Gasteiger partial charge in [0.2, 0.25) is 5.91 Å². The molecule has 0 aliphatic carbocycles. The van der Waals surface area contributed by atoms with E-state index in [1.165, 1.54) is 35.2 Å². The monoisotopic (exact) mass is 646 g/mol. The van der Waals surface area contributed by atoms with Gasteiger partial charge in [0.1, 0.15) is 0 Å². The lowest BCUT2D eigenvalue weighted by atomic mass is 9.93. The van der Waals surface area contributed by atoms with Gasteiger partial charge in [-0.2, -0.15) is 8.78 Å². The van der Waals surface area contributed by atoms with Gasteiger partial charge in [0.05, 0.1) is 40.9 Å². The van der Waals surface area contributed by atoms with Crippen LogP contribution in [0.3, 0.4) is 0 Å². The Morgan fingerprint density at radius 1 is 1.16 bits per heavy atom. The summed E-state index contributed by atoms with van der Waals surface area (Å²) >= 11 is 6.20. The summed E-state index contributed by atoms with van der Waals surface area (Å²) in [6.07, 6.45) is 1.61. The molecule has 2 unspecified atom stereocenters. The van der Waals surface area contributed by atoms with Crippen LogP contribution in [0, 0.1) is 5.92 Å². The van der Waals surface area contributed by atoms with Crippen LogP contribution in [0.4, 0.5) is 23.2 Å². The van der Waals surface area contributed by atoms with Crippen molar-refractivity contribution in [1.29, 1.82) is 0 Å². The molecule has 10 nitrogen and oxygen atoms in total. The van der Waals surface area contributed by atoms with Crippen LogP contribution in [0.2, 0.25) is 5.02 Å². The molecule has 1 aromatic heterocycles. The zero-order valence-electron chi connectivity index (χ0n) is 24.0. The first-order valence-electron chi connectivity index (χ1n) is 13.8. The van der Waals surface area contributed by atoms with E-state index in [1.807, 2.05) is 0 Å². The topological polar surface area (TPSA) is 158 Å². The number of aliphatic imine (C=N–C) groups is 1. The fraction of sp³-hybridized carbons (Fsp3) is 0.267. The SMILES string of the molecule is CC1CCCC(n2cnc(-c3cc(Cl)ccc3N(N)/C=C(\N)C(F)F)cc2=O)c2cccc(c2)C(=NC(F)F)C(=CN)NC1=O. The maximum Gasteiger partial charge on any atom is 0.332 e. The summed E-state index contributed by atoms with van der Waals surface area (Å²) in [7, 11) is 0. The van der Waals surface area contributed by atoms with Gasteiger partial charge in [-0.25, -0.2) is 24.6 Å². The molecule has 1 aliphatic heterocycles. The van der Waals surface area contributed by atoms with E-state index in [-0.39, 0.29) is 38.9 Å². The van der Waals surface area contributed by atoms with Crippen LogP contribution in [0.1, 0.15) is 43.4 Å². The fourth-order valence-electron chi connectivity index (χ4n) is 4.96. The Bertz CT molecular complexity index is 1710. The van der Waals surface area contributed by atoms with Crippen molar-refractivity contribution < 1.29 is 22.4 Å². The summed E-state index contributed by atoms with van der Waals surface area (Å²) in [5.41, 5.74) is 11.1. The van der Waals surface area contributed by atoms with E-state index < -0.39 is 42.1 Å². The number of halogens is 5. The molecule has 3 aromatic rings. The molecule has 0 saturated carbocycles. The first-order chi connectivity index (χ1) is 21.4. The summed E-state index contributed by atoms with van der Waals surface area (Å²) in [5, 5.41) is 3.77. The zero-order valence-corrected chi connectivity index (χ0v) is 24.8. The Labute approximate surface area is 260 Å². The highest BCUT2D eigenvalue weighted by Crippen LogP contribution is 2.32. The van der Waals surface area contributed by atoms with Crippen molar-refractivity contribution in [3.05, 3.63) is 105 Å². The highest BCUT2D eigenvalue weighted by molar-refractivity contribution is 6.31. The molecular formula is C30H31ClF4N8O2. The van der Waals surface area contributed by atoms with Crippen molar-refractivity contribution in [3.8, 4) is 11.3 Å². The van der Waals surface area contributed by atoms with E-state index in [9.17, 15) is 27.2 Å². The summed E-state index contributed by atoms with van der Waals surface area (Å²) in [6, 6.07) is 11.6. The van der Waals surface area contributed by atoms with Gasteiger partial charge in [-0.1, -0.05) is 43.1 Å². The predicted octanol–water partition coefficient (Wildman–Crippen LogP) is 4.65. The quantitative estimate of drug-likeness (QED) is 0.131. The van der Waals surface area contributed by atoms with Crippen LogP contribution >= 0.6 is 11.6 Å². The molecular weight excluding hydrogens is 616 g/mol. The van der Waals surface area contributed by atoms with Gasteiger partial charge in [-0.15, -0.1) is 0 Å². The number of aromatic nitrogens is 2. The highest BCUT2D eigenvalue weighted by Gasteiger charge is 2.24. The summed E-state index contributed by atoms with van der Waals surface area (Å²) in [5.74, 6) is 5.08. The molecule has 2 atom stereocenters. The maximum atomic E-state index is 13.6. The zero-order chi connectivity index (χ0) is 32.8. The van der Waals surface area contributed by atoms with Crippen molar-refractivity contribution >= 4 is 28.9 Å². The lowest BCUT2D eigenvalue weighted by Gasteiger charge is -2.24. The van der Waals surface area contributed by atoms with E-state index in [0.29, 0.717) is 24.8 Å². The third kappa shape index (κ3) is 7.88. The lowest BCUT2D eigenvalue weighted by Crippen LogP contribution is -2.34. The summed E-state index contributed by atoms with van der Waals surface area (Å²) < 4.78 is 54.5. The minimum Gasteiger partial charge on any atom is -0.403 e. The number of carbonyl (C=O) groups excluding carboxylic acids is 1. The second-order valence-corrected chi connectivity index (χ2v) is 10.8. The number of nitrogens with two attached hydrogens (primary N) is 3. The number of nitrogens with zero attached hydrogens (tertiary/aromatic N) is 4. The highest BCUT2D eigenvalue weighted by atomic mass is 35.5. The van der Waals surface area contributed by atoms with Crippen LogP contribution in [0.25, 0.3) is 11.3 Å². The molecule has 1 aliphatic rings. The molecule has 0 saturated heterocycles. The standard InChI is InChI=1S/C30H31ClF4N8O2/c1-16-4-2-7-24(17-5-3-6-18(10-17)27(41-30(34)35)23(13-36)40-29(16)45)42-15-39-22(12-26(42)44)20-11-19(31)8-9-25(20)43(38)14-21(37)28(32)33/h3,5-6,8-16,24,28,30H,2,4,7,36-38H2,1H3,(H,40,45)/b21-14-,23-13?,41-27?. The molecule has 45 heavy (non-hydrogen) atoms. The molecule has 0 radical (unpaired) electrons. The van der Waals surface area contributed by atoms with Crippen LogP contribution in [0.5, 0.6) is 0 Å². The number of hydrogen-bond donors (Lipinski definition) is 4. The molecule has 7 N–H and O–H groups in total. The summed E-state index contributed by atoms with van der Waals surface area (Å²) in [4.78, 5) is 34.4. The van der Waals surface area contributed by atoms with E-state index in [2.05, 4.69) is 15.3 Å². The van der Waals surface area contributed by atoms with Crippen molar-refractivity contribution in [2.45, 2.75) is 45.2 Å². The lowest BCUT2D eigenvalue weighted by molar-refractivity contribution is -0.123. The van der Waals surface area contributed by atoms with Gasteiger partial charge in [0.15, 0.2) is 0 Å². The number of carbonyl (C=O) groups is 1. The van der Waals surface area contributed by atoms with Crippen LogP contribution in [-0.4, -0.2) is 34.1 Å². The number of alkyl halides is 4. The average Bonchev–Trinajstić information content (AvgIpc) is 3.00. The largest absolute Gasteiger partial charge is 0.403 e. The molecule has 0 fully saturated rings. The molecule has 4 rings (SSSR count). The second kappa shape index (κ2) is 14.4. The Morgan fingerprint density at radius 2 is 1.91 bits per heavy atom. The van der Waals surface area contributed by atoms with Crippen molar-refractivity contribution in [1.82, 2.24) is 14.9 Å². The van der Waals surface area contributed by atoms with Gasteiger partial charge in [0, 0.05) is 40.5 Å². The Balaban J connectivity index is 1.82. The molecule has 238 valence electrons. The van der Waals surface area contributed by atoms with E-state index in [4.69, 9.17) is 28.9 Å². The number of rotatable bonds is 6. The van der Waals surface area contributed by atoms with Gasteiger partial charge < -0.3 is 16.8 Å². The first kappa shape index (κ1) is 33.2. The van der Waals surface area contributed by atoms with Gasteiger partial charge in [-0.3, -0.25) is 19.2 Å². The number of benzene rings is 2. The van der Waals surface area contributed by atoms with Gasteiger partial charge in [-0.05, 0) is 42.7 Å². The van der Waals surface area contributed by atoms with Crippen LogP contribution in [-0.2, 0) is 4.79 Å². The van der Waals surface area contributed by atoms with E-state index in [0.717, 1.165) is 17.4 Å². The minimum absolute atomic E-state index is 0.0685. The average molecular weight is 647 g/mol. The van der Waals surface area contributed by atoms with E-state index in [1.54, 1.807) is 31.2 Å². The van der Waals surface area contributed by atoms with E-state index >= 15 is 0 Å². The third-order valence-corrected chi connectivity index (χ3v) is 7.47. The second-order valence-electron chi connectivity index (χ2n) is 10.3. The van der Waals surface area contributed by atoms with Gasteiger partial charge >= 0.3 is 6.55 Å². The van der Waals surface area contributed by atoms with Crippen LogP contribution in [0.15, 0.2) is 88.4 Å². The van der Waals surface area contributed by atoms with Crippen molar-refractivity contribution in [2.24, 2.45) is 28.2 Å². The summed E-state index contributed by atoms with van der Waals surface area (Å²) in [6.45, 7) is -1.39. The molecule has 0 spiro atoms. The fourth-order valence-corrected chi connectivity index (χ4v) is 5.13. The van der Waals surface area contributed by atoms with Gasteiger partial charge in [0.25, 0.3) is 12.0 Å². The first-order valence-corrected chi connectivity index (χ1v) is 14.1. The molecule has 2 heterocycles. The normalized spacial score (nSPS) is 19.8. The number of fused-ring (bicyclic) bond motifs is 2. The smallest absolute Gasteiger partial charge is 0.332 e. The Morgan fingerprint density at radius 3 is 2.58 bits per heavy atom. The number of hydrogen-bond acceptors (Lipinski definition) is 8. The van der Waals surface area contributed by atoms with Crippen molar-refractivity contribution in [3.63, 3.8) is 0 Å². The predicted molar refractivity (Wildman–Crippen MR) is 164 cm³/mol. The molecule has 15 heteroatoms. The number of amides is 1.